The van der Waals surface area contributed by atoms with E-state index in [9.17, 15) is 14.3 Å². The van der Waals surface area contributed by atoms with Crippen LogP contribution in [0.1, 0.15) is 35.3 Å². The molecule has 0 spiro atoms. The summed E-state index contributed by atoms with van der Waals surface area (Å²) in [6.45, 7) is 6.03. The lowest BCUT2D eigenvalue weighted by atomic mass is 9.94. The predicted octanol–water partition coefficient (Wildman–Crippen LogP) is 4.98. The first-order valence-electron chi connectivity index (χ1n) is 12.5. The summed E-state index contributed by atoms with van der Waals surface area (Å²) in [6.07, 6.45) is -0.161. The largest absolute Gasteiger partial charge is 0.394 e. The third kappa shape index (κ3) is 6.01. The van der Waals surface area contributed by atoms with Gasteiger partial charge in [-0.3, -0.25) is 9.69 Å². The highest BCUT2D eigenvalue weighted by molar-refractivity contribution is 6.01. The Balaban J connectivity index is 1.67. The van der Waals surface area contributed by atoms with E-state index < -0.39 is 0 Å². The van der Waals surface area contributed by atoms with Crippen LogP contribution in [0.3, 0.4) is 0 Å². The van der Waals surface area contributed by atoms with Gasteiger partial charge in [0.25, 0.3) is 5.91 Å². The molecule has 0 saturated heterocycles. The zero-order valence-electron chi connectivity index (χ0n) is 21.2. The van der Waals surface area contributed by atoms with Gasteiger partial charge in [-0.2, -0.15) is 0 Å². The van der Waals surface area contributed by atoms with Gasteiger partial charge in [-0.1, -0.05) is 61.5 Å². The van der Waals surface area contributed by atoms with Crippen molar-refractivity contribution in [2.45, 2.75) is 39.1 Å². The number of halogens is 1. The third-order valence-corrected chi connectivity index (χ3v) is 6.95. The van der Waals surface area contributed by atoms with Crippen LogP contribution < -0.4 is 0 Å². The Bertz CT molecular complexity index is 1170. The van der Waals surface area contributed by atoms with Crippen LogP contribution in [0.4, 0.5) is 4.39 Å². The summed E-state index contributed by atoms with van der Waals surface area (Å²) in [7, 11) is 2.02. The van der Waals surface area contributed by atoms with Gasteiger partial charge in [-0.15, -0.1) is 0 Å². The molecule has 0 aromatic heterocycles. The Morgan fingerprint density at radius 2 is 1.67 bits per heavy atom. The van der Waals surface area contributed by atoms with Crippen molar-refractivity contribution >= 4 is 5.91 Å². The van der Waals surface area contributed by atoms with Gasteiger partial charge in [0.1, 0.15) is 5.82 Å². The van der Waals surface area contributed by atoms with Gasteiger partial charge in [0.05, 0.1) is 25.4 Å². The van der Waals surface area contributed by atoms with Crippen molar-refractivity contribution in [2.75, 3.05) is 26.7 Å². The lowest BCUT2D eigenvalue weighted by Crippen LogP contribution is -2.47. The summed E-state index contributed by atoms with van der Waals surface area (Å²) >= 11 is 0. The Kier molecular flexibility index (Phi) is 8.52. The smallest absolute Gasteiger partial charge is 0.254 e. The van der Waals surface area contributed by atoms with Crippen LogP contribution in [-0.2, 0) is 17.9 Å². The molecule has 0 unspecified atom stereocenters. The van der Waals surface area contributed by atoms with E-state index in [1.165, 1.54) is 12.1 Å². The van der Waals surface area contributed by atoms with E-state index >= 15 is 0 Å². The van der Waals surface area contributed by atoms with Gasteiger partial charge in [0.2, 0.25) is 0 Å². The van der Waals surface area contributed by atoms with Crippen LogP contribution in [0, 0.1) is 11.7 Å². The van der Waals surface area contributed by atoms with Crippen molar-refractivity contribution in [3.05, 3.63) is 95.3 Å². The number of ether oxygens (including phenoxy) is 1. The van der Waals surface area contributed by atoms with Crippen molar-refractivity contribution in [1.29, 1.82) is 0 Å². The molecule has 1 amide bonds. The summed E-state index contributed by atoms with van der Waals surface area (Å²) in [5, 5.41) is 9.98. The van der Waals surface area contributed by atoms with Gasteiger partial charge >= 0.3 is 0 Å². The number of aliphatic hydroxyl groups is 1. The van der Waals surface area contributed by atoms with E-state index in [0.29, 0.717) is 31.8 Å². The number of carbonyl (C=O) groups is 1. The lowest BCUT2D eigenvalue weighted by Gasteiger charge is -2.35. The Hall–Kier alpha value is -3.06. The minimum absolute atomic E-state index is 0.0102. The number of rotatable bonds is 6. The van der Waals surface area contributed by atoms with Crippen molar-refractivity contribution in [2.24, 2.45) is 5.92 Å². The molecule has 5 nitrogen and oxygen atoms in total. The second kappa shape index (κ2) is 11.8. The molecule has 4 rings (SSSR count). The predicted molar refractivity (Wildman–Crippen MR) is 140 cm³/mol. The molecule has 1 N–H and O–H groups in total. The summed E-state index contributed by atoms with van der Waals surface area (Å²) in [5.74, 6) is -0.325. The SMILES string of the molecule is C[C@@H]1CN([C@H](C)CO)C(=O)c2ccccc2-c2ccccc2CO[C@@H]1CN(C)Cc1ccc(F)cc1. The number of hydrogen-bond acceptors (Lipinski definition) is 4. The molecule has 190 valence electrons. The zero-order valence-corrected chi connectivity index (χ0v) is 21.2. The molecule has 6 heteroatoms. The van der Waals surface area contributed by atoms with Crippen LogP contribution in [-0.4, -0.2) is 59.7 Å². The van der Waals surface area contributed by atoms with E-state index in [1.54, 1.807) is 17.0 Å². The van der Waals surface area contributed by atoms with Crippen molar-refractivity contribution in [3.63, 3.8) is 0 Å². The molecule has 3 aromatic carbocycles. The maximum atomic E-state index is 13.9. The number of hydrogen-bond donors (Lipinski definition) is 1. The normalized spacial score (nSPS) is 19.4. The second-order valence-electron chi connectivity index (χ2n) is 9.84. The number of nitrogens with zero attached hydrogens (tertiary/aromatic N) is 2. The topological polar surface area (TPSA) is 53.0 Å². The monoisotopic (exact) mass is 490 g/mol. The molecule has 3 aromatic rings. The standard InChI is InChI=1S/C30H35FN2O3/c1-21-16-33(22(2)19-34)30(35)28-11-7-6-10-27(28)26-9-5-4-8-24(26)20-36-29(21)18-32(3)17-23-12-14-25(31)15-13-23/h4-15,21-22,29,34H,16-20H2,1-3H3/t21-,22-,29-/m1/s1. The van der Waals surface area contributed by atoms with E-state index in [2.05, 4.69) is 11.8 Å². The number of aliphatic hydroxyl groups excluding tert-OH is 1. The molecule has 1 heterocycles. The second-order valence-corrected chi connectivity index (χ2v) is 9.84. The van der Waals surface area contributed by atoms with Crippen molar-refractivity contribution in [3.8, 4) is 11.1 Å². The molecule has 36 heavy (non-hydrogen) atoms. The molecule has 0 aliphatic carbocycles. The fourth-order valence-electron chi connectivity index (χ4n) is 4.82. The van der Waals surface area contributed by atoms with Crippen molar-refractivity contribution in [1.82, 2.24) is 9.80 Å². The minimum atomic E-state index is -0.332. The Labute approximate surface area is 213 Å². The molecular weight excluding hydrogens is 455 g/mol. The van der Waals surface area contributed by atoms with Crippen molar-refractivity contribution < 1.29 is 19.0 Å². The van der Waals surface area contributed by atoms with Crippen LogP contribution in [0.2, 0.25) is 0 Å². The molecule has 1 aliphatic heterocycles. The first-order chi connectivity index (χ1) is 17.4. The van der Waals surface area contributed by atoms with Gasteiger partial charge in [-0.25, -0.2) is 4.39 Å². The van der Waals surface area contributed by atoms with Crippen LogP contribution in [0.15, 0.2) is 72.8 Å². The number of fused-ring (bicyclic) bond motifs is 3. The number of amides is 1. The first-order valence-corrected chi connectivity index (χ1v) is 12.5. The highest BCUT2D eigenvalue weighted by atomic mass is 19.1. The maximum Gasteiger partial charge on any atom is 0.254 e. The van der Waals surface area contributed by atoms with Crippen LogP contribution in [0.5, 0.6) is 0 Å². The molecule has 3 atom stereocenters. The number of carbonyl (C=O) groups excluding carboxylic acids is 1. The number of likely N-dealkylation sites (N-methyl/N-ethyl adjacent to an activating group) is 1. The Morgan fingerprint density at radius 3 is 2.36 bits per heavy atom. The summed E-state index contributed by atoms with van der Waals surface area (Å²) in [5.41, 5.74) is 4.53. The molecule has 0 saturated carbocycles. The van der Waals surface area contributed by atoms with E-state index in [0.717, 1.165) is 22.3 Å². The summed E-state index contributed by atoms with van der Waals surface area (Å²) < 4.78 is 19.9. The summed E-state index contributed by atoms with van der Waals surface area (Å²) in [4.78, 5) is 17.8. The fraction of sp³-hybridized carbons (Fsp3) is 0.367. The molecule has 0 fully saturated rings. The molecule has 0 bridgehead atoms. The molecule has 1 aliphatic rings. The fourth-order valence-corrected chi connectivity index (χ4v) is 4.82. The Morgan fingerprint density at radius 1 is 1.03 bits per heavy atom. The van der Waals surface area contributed by atoms with Crippen LogP contribution >= 0.6 is 0 Å². The van der Waals surface area contributed by atoms with E-state index in [4.69, 9.17) is 4.74 Å². The molecule has 0 radical (unpaired) electrons. The third-order valence-electron chi connectivity index (χ3n) is 6.95. The zero-order chi connectivity index (χ0) is 25.7. The maximum absolute atomic E-state index is 13.9. The minimum Gasteiger partial charge on any atom is -0.394 e. The molecular formula is C30H35FN2O3. The van der Waals surface area contributed by atoms with E-state index in [1.807, 2.05) is 62.5 Å². The van der Waals surface area contributed by atoms with Gasteiger partial charge < -0.3 is 14.7 Å². The average Bonchev–Trinajstić information content (AvgIpc) is 2.91. The van der Waals surface area contributed by atoms with Gasteiger partial charge in [-0.05, 0) is 54.4 Å². The van der Waals surface area contributed by atoms with Crippen LogP contribution in [0.25, 0.3) is 11.1 Å². The van der Waals surface area contributed by atoms with Gasteiger partial charge in [0.15, 0.2) is 0 Å². The highest BCUT2D eigenvalue weighted by Gasteiger charge is 2.30. The highest BCUT2D eigenvalue weighted by Crippen LogP contribution is 2.31. The van der Waals surface area contributed by atoms with Gasteiger partial charge in [0, 0.05) is 31.1 Å². The lowest BCUT2D eigenvalue weighted by molar-refractivity contribution is -0.0241. The summed E-state index contributed by atoms with van der Waals surface area (Å²) in [6, 6.07) is 21.9. The first kappa shape index (κ1) is 26.0. The number of benzene rings is 3. The van der Waals surface area contributed by atoms with E-state index in [-0.39, 0.29) is 36.4 Å². The average molecular weight is 491 g/mol. The quantitative estimate of drug-likeness (QED) is 0.529.